The fourth-order valence-electron chi connectivity index (χ4n) is 5.55. The third-order valence-corrected chi connectivity index (χ3v) is 7.03. The van der Waals surface area contributed by atoms with Crippen LogP contribution in [0.2, 0.25) is 0 Å². The molecule has 0 spiro atoms. The molecule has 1 amide bonds. The third kappa shape index (κ3) is 2.97. The van der Waals surface area contributed by atoms with Crippen molar-refractivity contribution in [2.45, 2.75) is 70.2 Å². The second-order valence-electron chi connectivity index (χ2n) is 8.47. The molecule has 1 N–H and O–H groups in total. The van der Waals surface area contributed by atoms with Crippen LogP contribution in [-0.4, -0.2) is 70.7 Å². The highest BCUT2D eigenvalue weighted by Gasteiger charge is 2.53. The molecular formula is C20H30N2O4. The summed E-state index contributed by atoms with van der Waals surface area (Å²) in [7, 11) is 0. The Hall–Kier alpha value is -1.40. The second-order valence-corrected chi connectivity index (χ2v) is 8.47. The molecule has 4 saturated heterocycles. The number of amides is 1. The van der Waals surface area contributed by atoms with Gasteiger partial charge in [0.25, 0.3) is 5.91 Å². The molecular weight excluding hydrogens is 332 g/mol. The number of rotatable bonds is 2. The summed E-state index contributed by atoms with van der Waals surface area (Å²) in [5.74, 6) is 0.247. The number of hydrogen-bond donors (Lipinski definition) is 1. The van der Waals surface area contributed by atoms with Gasteiger partial charge in [0, 0.05) is 37.2 Å². The molecule has 0 unspecified atom stereocenters. The van der Waals surface area contributed by atoms with Gasteiger partial charge in [0.05, 0.1) is 0 Å². The number of esters is 1. The van der Waals surface area contributed by atoms with E-state index in [-0.39, 0.29) is 11.9 Å². The molecule has 0 aromatic rings. The van der Waals surface area contributed by atoms with E-state index in [0.717, 1.165) is 19.5 Å². The lowest BCUT2D eigenvalue weighted by Crippen LogP contribution is -2.68. The Kier molecular flexibility index (Phi) is 4.82. The number of carbonyl (C=O) groups excluding carboxylic acids is 2. The predicted octanol–water partition coefficient (Wildman–Crippen LogP) is 1.33. The van der Waals surface area contributed by atoms with Gasteiger partial charge in [-0.15, -0.1) is 0 Å². The van der Waals surface area contributed by atoms with Gasteiger partial charge in [0.1, 0.15) is 6.10 Å². The zero-order chi connectivity index (χ0) is 18.4. The second kappa shape index (κ2) is 6.97. The maximum absolute atomic E-state index is 12.8. The summed E-state index contributed by atoms with van der Waals surface area (Å²) in [6.07, 6.45) is 5.20. The maximum atomic E-state index is 12.8. The van der Waals surface area contributed by atoms with Gasteiger partial charge in [0.2, 0.25) is 0 Å². The van der Waals surface area contributed by atoms with Gasteiger partial charge in [-0.3, -0.25) is 9.69 Å². The fraction of sp³-hybridized carbons (Fsp3) is 0.800. The topological polar surface area (TPSA) is 70.1 Å². The fourth-order valence-corrected chi connectivity index (χ4v) is 5.55. The molecule has 4 fully saturated rings. The summed E-state index contributed by atoms with van der Waals surface area (Å²) in [6.45, 7) is 6.40. The van der Waals surface area contributed by atoms with Crippen LogP contribution < -0.4 is 0 Å². The number of carbonyl (C=O) groups is 2. The van der Waals surface area contributed by atoms with Crippen LogP contribution in [0.25, 0.3) is 0 Å². The average Bonchev–Trinajstić information content (AvgIpc) is 2.66. The number of piperidine rings is 4. The minimum atomic E-state index is -1.24. The first-order valence-electron chi connectivity index (χ1n) is 10.1. The van der Waals surface area contributed by atoms with Gasteiger partial charge in [-0.1, -0.05) is 12.5 Å². The third-order valence-electron chi connectivity index (χ3n) is 7.03. The van der Waals surface area contributed by atoms with E-state index in [4.69, 9.17) is 4.74 Å². The van der Waals surface area contributed by atoms with Gasteiger partial charge in [-0.2, -0.15) is 0 Å². The van der Waals surface area contributed by atoms with Gasteiger partial charge < -0.3 is 14.7 Å². The van der Waals surface area contributed by atoms with Crippen LogP contribution >= 0.6 is 0 Å². The number of fused-ring (bicyclic) bond motifs is 6. The van der Waals surface area contributed by atoms with Gasteiger partial charge >= 0.3 is 5.97 Å². The molecule has 26 heavy (non-hydrogen) atoms. The zero-order valence-electron chi connectivity index (χ0n) is 15.8. The predicted molar refractivity (Wildman–Crippen MR) is 96.2 cm³/mol. The Balaban J connectivity index is 1.52. The standard InChI is InChI=1S/C20H30N2O4/c1-3-12(2)20(25)26-17-9-16-13-8-14(11-22(16)19(24)18(17)23)15-6-4-5-7-21(15)10-13/h3,13-18,23H,4-11H2,1-2H3/b12-3-/t13-,14-,15-,16+,17+,18-/m0/s1. The van der Waals surface area contributed by atoms with Crippen molar-refractivity contribution in [1.82, 2.24) is 9.80 Å². The van der Waals surface area contributed by atoms with E-state index in [0.29, 0.717) is 29.9 Å². The number of ether oxygens (including phenoxy) is 1. The average molecular weight is 362 g/mol. The van der Waals surface area contributed by atoms with Crippen molar-refractivity contribution >= 4 is 11.9 Å². The molecule has 6 nitrogen and oxygen atoms in total. The SMILES string of the molecule is C/C=C(/C)C(=O)O[C@@H]1C[C@@H]2[C@H]3C[C@@H](CN2C(=O)[C@H]1O)[C@@H]1CCCCN1C3. The molecule has 0 radical (unpaired) electrons. The smallest absolute Gasteiger partial charge is 0.333 e. The molecule has 0 aromatic carbocycles. The molecule has 4 rings (SSSR count). The Morgan fingerprint density at radius 3 is 2.73 bits per heavy atom. The molecule has 0 saturated carbocycles. The number of nitrogens with zero attached hydrogens (tertiary/aromatic N) is 2. The van der Waals surface area contributed by atoms with Crippen molar-refractivity contribution in [3.05, 3.63) is 11.6 Å². The highest BCUT2D eigenvalue weighted by molar-refractivity contribution is 5.89. The summed E-state index contributed by atoms with van der Waals surface area (Å²) >= 11 is 0. The molecule has 2 bridgehead atoms. The van der Waals surface area contributed by atoms with Crippen LogP contribution in [0, 0.1) is 11.8 Å². The summed E-state index contributed by atoms with van der Waals surface area (Å²) in [4.78, 5) is 29.5. The Morgan fingerprint density at radius 1 is 1.19 bits per heavy atom. The van der Waals surface area contributed by atoms with Crippen molar-refractivity contribution in [1.29, 1.82) is 0 Å². The van der Waals surface area contributed by atoms with Crippen molar-refractivity contribution < 1.29 is 19.4 Å². The highest BCUT2D eigenvalue weighted by Crippen LogP contribution is 2.43. The number of allylic oxidation sites excluding steroid dienone is 1. The summed E-state index contributed by atoms with van der Waals surface area (Å²) in [6, 6.07) is 0.674. The lowest BCUT2D eigenvalue weighted by Gasteiger charge is -2.57. The van der Waals surface area contributed by atoms with Gasteiger partial charge in [0.15, 0.2) is 6.10 Å². The van der Waals surface area contributed by atoms with E-state index in [2.05, 4.69) is 4.90 Å². The molecule has 144 valence electrons. The maximum Gasteiger partial charge on any atom is 0.333 e. The lowest BCUT2D eigenvalue weighted by molar-refractivity contribution is -0.181. The lowest BCUT2D eigenvalue weighted by atomic mass is 9.70. The molecule has 0 aromatic heterocycles. The van der Waals surface area contributed by atoms with Crippen LogP contribution in [0.15, 0.2) is 11.6 Å². The van der Waals surface area contributed by atoms with Crippen LogP contribution in [0.3, 0.4) is 0 Å². The van der Waals surface area contributed by atoms with E-state index in [1.165, 1.54) is 25.8 Å². The van der Waals surface area contributed by atoms with Crippen LogP contribution in [0.1, 0.15) is 46.0 Å². The summed E-state index contributed by atoms with van der Waals surface area (Å²) in [5, 5.41) is 10.5. The van der Waals surface area contributed by atoms with E-state index >= 15 is 0 Å². The first kappa shape index (κ1) is 18.0. The number of aliphatic hydroxyl groups is 1. The Bertz CT molecular complexity index is 619. The quantitative estimate of drug-likeness (QED) is 0.593. The normalized spacial score (nSPS) is 40.7. The molecule has 4 heterocycles. The van der Waals surface area contributed by atoms with Crippen LogP contribution in [-0.2, 0) is 14.3 Å². The van der Waals surface area contributed by atoms with Crippen LogP contribution in [0.5, 0.6) is 0 Å². The molecule has 6 heteroatoms. The minimum absolute atomic E-state index is 0.0775. The minimum Gasteiger partial charge on any atom is -0.456 e. The van der Waals surface area contributed by atoms with E-state index in [1.807, 2.05) is 4.90 Å². The molecule has 4 aliphatic heterocycles. The van der Waals surface area contributed by atoms with Crippen LogP contribution in [0.4, 0.5) is 0 Å². The van der Waals surface area contributed by atoms with Gasteiger partial charge in [-0.25, -0.2) is 4.79 Å². The monoisotopic (exact) mass is 362 g/mol. The van der Waals surface area contributed by atoms with E-state index in [1.54, 1.807) is 19.9 Å². The van der Waals surface area contributed by atoms with Crippen molar-refractivity contribution in [2.24, 2.45) is 11.8 Å². The summed E-state index contributed by atoms with van der Waals surface area (Å²) in [5.41, 5.74) is 0.504. The summed E-state index contributed by atoms with van der Waals surface area (Å²) < 4.78 is 5.50. The highest BCUT2D eigenvalue weighted by atomic mass is 16.6. The molecule has 0 aliphatic carbocycles. The number of aliphatic hydroxyl groups excluding tert-OH is 1. The zero-order valence-corrected chi connectivity index (χ0v) is 15.8. The molecule has 6 atom stereocenters. The number of hydrogen-bond acceptors (Lipinski definition) is 5. The van der Waals surface area contributed by atoms with Crippen molar-refractivity contribution in [2.75, 3.05) is 19.6 Å². The first-order valence-corrected chi connectivity index (χ1v) is 10.1. The van der Waals surface area contributed by atoms with E-state index < -0.39 is 18.2 Å². The Morgan fingerprint density at radius 2 is 1.96 bits per heavy atom. The van der Waals surface area contributed by atoms with Gasteiger partial charge in [-0.05, 0) is 51.5 Å². The first-order chi connectivity index (χ1) is 12.5. The van der Waals surface area contributed by atoms with Crippen molar-refractivity contribution in [3.63, 3.8) is 0 Å². The molecule has 4 aliphatic rings. The largest absolute Gasteiger partial charge is 0.456 e. The van der Waals surface area contributed by atoms with E-state index in [9.17, 15) is 14.7 Å². The Labute approximate surface area is 155 Å². The van der Waals surface area contributed by atoms with Crippen molar-refractivity contribution in [3.8, 4) is 0 Å².